The van der Waals surface area contributed by atoms with Crippen molar-refractivity contribution in [3.63, 3.8) is 0 Å². The molecule has 0 bridgehead atoms. The van der Waals surface area contributed by atoms with Crippen LogP contribution in [0.4, 0.5) is 0 Å². The van der Waals surface area contributed by atoms with Crippen LogP contribution < -0.4 is 10.1 Å². The fraction of sp³-hybridized carbons (Fsp3) is 0.579. The average Bonchev–Trinajstić information content (AvgIpc) is 2.56. The van der Waals surface area contributed by atoms with Gasteiger partial charge in [-0.2, -0.15) is 0 Å². The minimum Gasteiger partial charge on any atom is -0.490 e. The second-order valence-electron chi connectivity index (χ2n) is 7.06. The maximum absolute atomic E-state index is 12.3. The van der Waals surface area contributed by atoms with Gasteiger partial charge in [0.15, 0.2) is 0 Å². The fourth-order valence-electron chi connectivity index (χ4n) is 2.30. The summed E-state index contributed by atoms with van der Waals surface area (Å²) in [6, 6.07) is 3.43. The largest absolute Gasteiger partial charge is 0.490 e. The average molecular weight is 367 g/mol. The van der Waals surface area contributed by atoms with Crippen LogP contribution in [0.3, 0.4) is 0 Å². The zero-order valence-electron chi connectivity index (χ0n) is 16.1. The molecule has 1 aromatic rings. The highest BCUT2D eigenvalue weighted by molar-refractivity contribution is 5.90. The molecule has 1 amide bonds. The van der Waals surface area contributed by atoms with Gasteiger partial charge in [0, 0.05) is 6.54 Å². The van der Waals surface area contributed by atoms with Crippen LogP contribution in [-0.2, 0) is 16.0 Å². The minimum absolute atomic E-state index is 0.0180. The summed E-state index contributed by atoms with van der Waals surface area (Å²) in [4.78, 5) is 23.3. The molecule has 0 aliphatic rings. The van der Waals surface area contributed by atoms with Crippen molar-refractivity contribution in [2.75, 3.05) is 19.8 Å². The fourth-order valence-corrected chi connectivity index (χ4v) is 2.30. The molecule has 3 N–H and O–H groups in total. The molecule has 0 heterocycles. The standard InChI is InChI=1S/C19H29NO6/c1-6-13-8-14(18(24)26-19(3,4)5)7-12(2)17(13)25-11-15(22)9-20-16(23)10-21/h7-8,15,21-22H,6,9-11H2,1-5H3,(H,20,23)/t15-/m0/s1. The molecule has 1 aromatic carbocycles. The van der Waals surface area contributed by atoms with Crippen molar-refractivity contribution in [2.45, 2.75) is 52.7 Å². The van der Waals surface area contributed by atoms with E-state index in [1.54, 1.807) is 12.1 Å². The van der Waals surface area contributed by atoms with Crippen LogP contribution >= 0.6 is 0 Å². The number of aliphatic hydroxyl groups excluding tert-OH is 2. The lowest BCUT2D eigenvalue weighted by Gasteiger charge is -2.21. The van der Waals surface area contributed by atoms with E-state index in [9.17, 15) is 14.7 Å². The van der Waals surface area contributed by atoms with Gasteiger partial charge in [-0.15, -0.1) is 0 Å². The zero-order valence-corrected chi connectivity index (χ0v) is 16.1. The number of amides is 1. The topological polar surface area (TPSA) is 105 Å². The van der Waals surface area contributed by atoms with Crippen LogP contribution in [-0.4, -0.2) is 53.6 Å². The normalized spacial score (nSPS) is 12.4. The molecule has 0 aliphatic carbocycles. The molecular weight excluding hydrogens is 338 g/mol. The van der Waals surface area contributed by atoms with Crippen molar-refractivity contribution >= 4 is 11.9 Å². The van der Waals surface area contributed by atoms with Crippen LogP contribution in [0.15, 0.2) is 12.1 Å². The first-order chi connectivity index (χ1) is 12.1. The molecule has 0 saturated heterocycles. The molecule has 0 spiro atoms. The monoisotopic (exact) mass is 367 g/mol. The second kappa shape index (κ2) is 9.54. The van der Waals surface area contributed by atoms with E-state index >= 15 is 0 Å². The molecule has 0 fully saturated rings. The maximum atomic E-state index is 12.3. The molecule has 1 rings (SSSR count). The predicted molar refractivity (Wildman–Crippen MR) is 97.3 cm³/mol. The lowest BCUT2D eigenvalue weighted by Crippen LogP contribution is -2.36. The number of hydrogen-bond donors (Lipinski definition) is 3. The molecule has 26 heavy (non-hydrogen) atoms. The third-order valence-corrected chi connectivity index (χ3v) is 3.47. The van der Waals surface area contributed by atoms with Gasteiger partial charge >= 0.3 is 5.97 Å². The number of carbonyl (C=O) groups is 2. The van der Waals surface area contributed by atoms with Crippen LogP contribution in [0.25, 0.3) is 0 Å². The van der Waals surface area contributed by atoms with E-state index < -0.39 is 30.2 Å². The lowest BCUT2D eigenvalue weighted by atomic mass is 10.0. The molecule has 146 valence electrons. The Balaban J connectivity index is 2.83. The highest BCUT2D eigenvalue weighted by Crippen LogP contribution is 2.27. The predicted octanol–water partition coefficient (Wildman–Crippen LogP) is 1.36. The van der Waals surface area contributed by atoms with Gasteiger partial charge in [-0.25, -0.2) is 4.79 Å². The van der Waals surface area contributed by atoms with Crippen LogP contribution in [0, 0.1) is 6.92 Å². The van der Waals surface area contributed by atoms with E-state index in [-0.39, 0.29) is 13.2 Å². The van der Waals surface area contributed by atoms with Gasteiger partial charge < -0.3 is 25.0 Å². The molecule has 0 saturated carbocycles. The Hall–Kier alpha value is -2.12. The van der Waals surface area contributed by atoms with E-state index in [1.807, 2.05) is 34.6 Å². The SMILES string of the molecule is CCc1cc(C(=O)OC(C)(C)C)cc(C)c1OC[C@@H](O)CNC(=O)CO. The first kappa shape index (κ1) is 21.9. The Morgan fingerprint density at radius 2 is 1.92 bits per heavy atom. The summed E-state index contributed by atoms with van der Waals surface area (Å²) < 4.78 is 11.1. The van der Waals surface area contributed by atoms with Crippen molar-refractivity contribution in [2.24, 2.45) is 0 Å². The molecule has 0 unspecified atom stereocenters. The van der Waals surface area contributed by atoms with Crippen molar-refractivity contribution in [3.05, 3.63) is 28.8 Å². The van der Waals surface area contributed by atoms with Gasteiger partial charge in [0.25, 0.3) is 0 Å². The van der Waals surface area contributed by atoms with Crippen LogP contribution in [0.5, 0.6) is 5.75 Å². The van der Waals surface area contributed by atoms with E-state index in [2.05, 4.69) is 5.32 Å². The highest BCUT2D eigenvalue weighted by Gasteiger charge is 2.20. The summed E-state index contributed by atoms with van der Waals surface area (Å²) in [6.45, 7) is 8.54. The number of carbonyl (C=O) groups excluding carboxylic acids is 2. The third kappa shape index (κ3) is 7.01. The van der Waals surface area contributed by atoms with E-state index in [0.29, 0.717) is 17.7 Å². The van der Waals surface area contributed by atoms with Gasteiger partial charge in [-0.05, 0) is 57.4 Å². The van der Waals surface area contributed by atoms with E-state index in [1.165, 1.54) is 0 Å². The maximum Gasteiger partial charge on any atom is 0.338 e. The number of aryl methyl sites for hydroxylation is 2. The van der Waals surface area contributed by atoms with E-state index in [4.69, 9.17) is 14.6 Å². The number of hydrogen-bond acceptors (Lipinski definition) is 6. The number of esters is 1. The number of nitrogens with one attached hydrogen (secondary N) is 1. The summed E-state index contributed by atoms with van der Waals surface area (Å²) in [5.74, 6) is -0.350. The Kier molecular flexibility index (Phi) is 8.05. The third-order valence-electron chi connectivity index (χ3n) is 3.47. The van der Waals surface area contributed by atoms with Gasteiger partial charge in [-0.3, -0.25) is 4.79 Å². The number of rotatable bonds is 8. The van der Waals surface area contributed by atoms with Crippen molar-refractivity contribution < 1.29 is 29.3 Å². The second-order valence-corrected chi connectivity index (χ2v) is 7.06. The first-order valence-corrected chi connectivity index (χ1v) is 8.62. The van der Waals surface area contributed by atoms with E-state index in [0.717, 1.165) is 11.1 Å². The zero-order chi connectivity index (χ0) is 19.9. The molecular formula is C19H29NO6. The van der Waals surface area contributed by atoms with Crippen molar-refractivity contribution in [1.29, 1.82) is 0 Å². The number of benzene rings is 1. The minimum atomic E-state index is -0.917. The van der Waals surface area contributed by atoms with Crippen molar-refractivity contribution in [1.82, 2.24) is 5.32 Å². The molecule has 1 atom stereocenters. The first-order valence-electron chi connectivity index (χ1n) is 8.62. The Morgan fingerprint density at radius 3 is 2.46 bits per heavy atom. The summed E-state index contributed by atoms with van der Waals surface area (Å²) >= 11 is 0. The van der Waals surface area contributed by atoms with Crippen LogP contribution in [0.2, 0.25) is 0 Å². The molecule has 7 nitrogen and oxygen atoms in total. The van der Waals surface area contributed by atoms with Gasteiger partial charge in [0.2, 0.25) is 5.91 Å². The van der Waals surface area contributed by atoms with Gasteiger partial charge in [-0.1, -0.05) is 6.92 Å². The molecule has 0 aliphatic heterocycles. The summed E-state index contributed by atoms with van der Waals surface area (Å²) in [7, 11) is 0. The highest BCUT2D eigenvalue weighted by atomic mass is 16.6. The number of aliphatic hydroxyl groups is 2. The van der Waals surface area contributed by atoms with Gasteiger partial charge in [0.05, 0.1) is 5.56 Å². The summed E-state index contributed by atoms with van der Waals surface area (Å²) in [5, 5.41) is 20.9. The Bertz CT molecular complexity index is 636. The molecule has 0 radical (unpaired) electrons. The lowest BCUT2D eigenvalue weighted by molar-refractivity contribution is -0.124. The Labute approximate surface area is 154 Å². The number of ether oxygens (including phenoxy) is 2. The summed E-state index contributed by atoms with van der Waals surface area (Å²) in [6.07, 6.45) is -0.274. The Morgan fingerprint density at radius 1 is 1.27 bits per heavy atom. The smallest absolute Gasteiger partial charge is 0.338 e. The summed E-state index contributed by atoms with van der Waals surface area (Å²) in [5.41, 5.74) is 1.47. The molecule has 7 heteroatoms. The quantitative estimate of drug-likeness (QED) is 0.599. The van der Waals surface area contributed by atoms with Crippen LogP contribution in [0.1, 0.15) is 49.2 Å². The molecule has 0 aromatic heterocycles. The van der Waals surface area contributed by atoms with Gasteiger partial charge in [0.1, 0.15) is 30.7 Å². The van der Waals surface area contributed by atoms with Crippen molar-refractivity contribution in [3.8, 4) is 5.75 Å².